The molecular formula is C8H14O. The lowest BCUT2D eigenvalue weighted by Crippen LogP contribution is -1.88. The van der Waals surface area contributed by atoms with E-state index in [9.17, 15) is 0 Å². The van der Waals surface area contributed by atoms with Gasteiger partial charge in [0.05, 0.1) is 6.61 Å². The van der Waals surface area contributed by atoms with Crippen LogP contribution in [0.3, 0.4) is 0 Å². The van der Waals surface area contributed by atoms with E-state index >= 15 is 0 Å². The lowest BCUT2D eigenvalue weighted by Gasteiger charge is -2.00. The highest BCUT2D eigenvalue weighted by Gasteiger charge is 1.83. The maximum Gasteiger partial charge on any atom is 0.111 e. The van der Waals surface area contributed by atoms with Crippen LogP contribution < -0.4 is 0 Å². The van der Waals surface area contributed by atoms with Gasteiger partial charge in [-0.1, -0.05) is 19.6 Å². The van der Waals surface area contributed by atoms with E-state index in [0.29, 0.717) is 0 Å². The van der Waals surface area contributed by atoms with Crippen molar-refractivity contribution in [2.45, 2.75) is 20.3 Å². The Morgan fingerprint density at radius 2 is 2.33 bits per heavy atom. The van der Waals surface area contributed by atoms with Crippen molar-refractivity contribution in [2.75, 3.05) is 6.61 Å². The van der Waals surface area contributed by atoms with Gasteiger partial charge in [-0.3, -0.25) is 0 Å². The second kappa shape index (κ2) is 5.42. The lowest BCUT2D eigenvalue weighted by atomic mass is 10.4. The van der Waals surface area contributed by atoms with Crippen molar-refractivity contribution in [1.82, 2.24) is 0 Å². The number of ether oxygens (including phenoxy) is 1. The van der Waals surface area contributed by atoms with Crippen molar-refractivity contribution >= 4 is 0 Å². The van der Waals surface area contributed by atoms with E-state index in [1.54, 1.807) is 0 Å². The molecule has 0 aliphatic heterocycles. The van der Waals surface area contributed by atoms with Crippen LogP contribution in [0.5, 0.6) is 0 Å². The summed E-state index contributed by atoms with van der Waals surface area (Å²) in [5, 5.41) is 0. The Kier molecular flexibility index (Phi) is 4.98. The predicted octanol–water partition coefficient (Wildman–Crippen LogP) is 2.50. The first-order valence-corrected chi connectivity index (χ1v) is 3.25. The van der Waals surface area contributed by atoms with Crippen molar-refractivity contribution in [3.63, 3.8) is 0 Å². The molecule has 0 aromatic heterocycles. The minimum Gasteiger partial charge on any atom is -0.494 e. The van der Waals surface area contributed by atoms with Crippen molar-refractivity contribution in [2.24, 2.45) is 0 Å². The van der Waals surface area contributed by atoms with E-state index in [1.165, 1.54) is 0 Å². The van der Waals surface area contributed by atoms with Crippen LogP contribution in [0.1, 0.15) is 20.3 Å². The fraction of sp³-hybridized carbons (Fsp3) is 0.500. The number of hydrogen-bond donors (Lipinski definition) is 0. The minimum absolute atomic E-state index is 0.749. The Labute approximate surface area is 57.0 Å². The zero-order valence-electron chi connectivity index (χ0n) is 6.18. The molecule has 0 rings (SSSR count). The van der Waals surface area contributed by atoms with E-state index in [1.807, 2.05) is 19.1 Å². The maximum atomic E-state index is 5.15. The summed E-state index contributed by atoms with van der Waals surface area (Å²) in [6.45, 7) is 8.46. The van der Waals surface area contributed by atoms with Gasteiger partial charge in [0.2, 0.25) is 0 Å². The van der Waals surface area contributed by atoms with Crippen LogP contribution in [0.4, 0.5) is 0 Å². The summed E-state index contributed by atoms with van der Waals surface area (Å²) >= 11 is 0. The molecule has 0 unspecified atom stereocenters. The third-order valence-electron chi connectivity index (χ3n) is 0.844. The molecule has 9 heavy (non-hydrogen) atoms. The highest BCUT2D eigenvalue weighted by molar-refractivity contribution is 5.05. The first-order chi connectivity index (χ1) is 4.31. The Morgan fingerprint density at radius 1 is 1.67 bits per heavy atom. The zero-order valence-corrected chi connectivity index (χ0v) is 6.18. The molecule has 0 fully saturated rings. The Balaban J connectivity index is 3.27. The van der Waals surface area contributed by atoms with Crippen molar-refractivity contribution < 1.29 is 4.74 Å². The summed E-state index contributed by atoms with van der Waals surface area (Å²) in [6.07, 6.45) is 4.81. The van der Waals surface area contributed by atoms with Gasteiger partial charge in [0.1, 0.15) is 5.76 Å². The molecule has 1 heteroatoms. The third kappa shape index (κ3) is 5.15. The minimum atomic E-state index is 0.749. The van der Waals surface area contributed by atoms with E-state index < -0.39 is 0 Å². The van der Waals surface area contributed by atoms with Crippen LogP contribution in [-0.2, 0) is 4.74 Å². The average molecular weight is 126 g/mol. The standard InChI is InChI=1S/C8H14O/c1-4-6-8(3)9-7-5-2/h4,6H,3,5,7H2,1-2H3. The summed E-state index contributed by atoms with van der Waals surface area (Å²) < 4.78 is 5.15. The first-order valence-electron chi connectivity index (χ1n) is 3.25. The summed E-state index contributed by atoms with van der Waals surface area (Å²) in [5.74, 6) is 0.749. The average Bonchev–Trinajstić information content (AvgIpc) is 1.85. The van der Waals surface area contributed by atoms with E-state index in [-0.39, 0.29) is 0 Å². The fourth-order valence-electron chi connectivity index (χ4n) is 0.467. The first kappa shape index (κ1) is 8.28. The Bertz CT molecular complexity index is 103. The van der Waals surface area contributed by atoms with E-state index in [2.05, 4.69) is 13.5 Å². The molecular weight excluding hydrogens is 112 g/mol. The van der Waals surface area contributed by atoms with Crippen LogP contribution in [0.25, 0.3) is 0 Å². The van der Waals surface area contributed by atoms with Gasteiger partial charge in [-0.25, -0.2) is 0 Å². The van der Waals surface area contributed by atoms with Crippen molar-refractivity contribution in [1.29, 1.82) is 0 Å². The zero-order chi connectivity index (χ0) is 7.11. The van der Waals surface area contributed by atoms with E-state index in [0.717, 1.165) is 18.8 Å². The largest absolute Gasteiger partial charge is 0.494 e. The van der Waals surface area contributed by atoms with Crippen molar-refractivity contribution in [3.8, 4) is 0 Å². The highest BCUT2D eigenvalue weighted by Crippen LogP contribution is 1.95. The lowest BCUT2D eigenvalue weighted by molar-refractivity contribution is 0.226. The molecule has 0 bridgehead atoms. The summed E-state index contributed by atoms with van der Waals surface area (Å²) in [6, 6.07) is 0. The monoisotopic (exact) mass is 126 g/mol. The van der Waals surface area contributed by atoms with Crippen LogP contribution in [0, 0.1) is 0 Å². The molecule has 52 valence electrons. The smallest absolute Gasteiger partial charge is 0.111 e. The summed E-state index contributed by atoms with van der Waals surface area (Å²) in [7, 11) is 0. The van der Waals surface area contributed by atoms with Gasteiger partial charge in [0.25, 0.3) is 0 Å². The molecule has 0 aliphatic carbocycles. The van der Waals surface area contributed by atoms with Gasteiger partial charge < -0.3 is 4.74 Å². The number of hydrogen-bond acceptors (Lipinski definition) is 1. The normalized spacial score (nSPS) is 10.0. The SMILES string of the molecule is C=C(C=CC)OCCC. The fourth-order valence-corrected chi connectivity index (χ4v) is 0.467. The van der Waals surface area contributed by atoms with Gasteiger partial charge in [-0.15, -0.1) is 0 Å². The molecule has 0 saturated heterocycles. The van der Waals surface area contributed by atoms with Gasteiger partial charge in [0.15, 0.2) is 0 Å². The molecule has 0 amide bonds. The molecule has 0 radical (unpaired) electrons. The topological polar surface area (TPSA) is 9.23 Å². The predicted molar refractivity (Wildman–Crippen MR) is 40.2 cm³/mol. The van der Waals surface area contributed by atoms with E-state index in [4.69, 9.17) is 4.74 Å². The molecule has 0 spiro atoms. The highest BCUT2D eigenvalue weighted by atomic mass is 16.5. The van der Waals surface area contributed by atoms with Crippen LogP contribution in [-0.4, -0.2) is 6.61 Å². The number of allylic oxidation sites excluding steroid dienone is 2. The molecule has 0 saturated carbocycles. The van der Waals surface area contributed by atoms with Crippen LogP contribution >= 0.6 is 0 Å². The van der Waals surface area contributed by atoms with Gasteiger partial charge in [-0.05, 0) is 19.4 Å². The summed E-state index contributed by atoms with van der Waals surface area (Å²) in [4.78, 5) is 0. The molecule has 0 heterocycles. The molecule has 0 aromatic rings. The van der Waals surface area contributed by atoms with Crippen LogP contribution in [0.15, 0.2) is 24.5 Å². The van der Waals surface area contributed by atoms with Gasteiger partial charge in [-0.2, -0.15) is 0 Å². The molecule has 0 N–H and O–H groups in total. The number of rotatable bonds is 4. The molecule has 0 aromatic carbocycles. The quantitative estimate of drug-likeness (QED) is 0.415. The van der Waals surface area contributed by atoms with Gasteiger partial charge in [0, 0.05) is 0 Å². The maximum absolute atomic E-state index is 5.15. The second-order valence-corrected chi connectivity index (χ2v) is 1.81. The Morgan fingerprint density at radius 3 is 2.78 bits per heavy atom. The molecule has 0 atom stereocenters. The van der Waals surface area contributed by atoms with Crippen molar-refractivity contribution in [3.05, 3.63) is 24.5 Å². The molecule has 1 nitrogen and oxygen atoms in total. The van der Waals surface area contributed by atoms with Crippen LogP contribution in [0.2, 0.25) is 0 Å². The Hall–Kier alpha value is -0.720. The third-order valence-corrected chi connectivity index (χ3v) is 0.844. The molecule has 0 aliphatic rings. The second-order valence-electron chi connectivity index (χ2n) is 1.81. The van der Waals surface area contributed by atoms with Gasteiger partial charge >= 0.3 is 0 Å². The summed E-state index contributed by atoms with van der Waals surface area (Å²) in [5.41, 5.74) is 0.